The van der Waals surface area contributed by atoms with Crippen LogP contribution in [-0.2, 0) is 20.8 Å². The van der Waals surface area contributed by atoms with Gasteiger partial charge in [0, 0.05) is 35.0 Å². The maximum absolute atomic E-state index is 14.1. The van der Waals surface area contributed by atoms with Crippen LogP contribution in [0.3, 0.4) is 0 Å². The maximum atomic E-state index is 14.1. The quantitative estimate of drug-likeness (QED) is 0.351. The molecule has 39 heavy (non-hydrogen) atoms. The minimum atomic E-state index is -1.63. The third kappa shape index (κ3) is 4.34. The first kappa shape index (κ1) is 27.0. The second-order valence-electron chi connectivity index (χ2n) is 11.4. The molecule has 2 fully saturated rings. The molecule has 2 aliphatic carbocycles. The molecule has 5 rings (SSSR count). The van der Waals surface area contributed by atoms with Crippen LogP contribution in [0.1, 0.15) is 32.8 Å². The smallest absolute Gasteiger partial charge is 0.235 e. The Morgan fingerprint density at radius 1 is 1.10 bits per heavy atom. The Balaban J connectivity index is 1.63. The topological polar surface area (TPSA) is 119 Å². The average molecular weight is 529 g/mol. The summed E-state index contributed by atoms with van der Waals surface area (Å²) in [6.07, 6.45) is 8.17. The molecule has 8 unspecified atom stereocenters. The van der Waals surface area contributed by atoms with Crippen LogP contribution < -0.4 is 5.32 Å². The van der Waals surface area contributed by atoms with Crippen LogP contribution in [0, 0.1) is 29.1 Å². The zero-order chi connectivity index (χ0) is 28.1. The number of aliphatic hydroxyl groups excluding tert-OH is 2. The molecule has 8 atom stereocenters. The van der Waals surface area contributed by atoms with Crippen LogP contribution >= 0.6 is 0 Å². The summed E-state index contributed by atoms with van der Waals surface area (Å²) in [5, 5.41) is 26.1. The molecule has 2 aromatic rings. The Labute approximate surface area is 228 Å². The van der Waals surface area contributed by atoms with E-state index in [1.165, 1.54) is 0 Å². The van der Waals surface area contributed by atoms with Crippen molar-refractivity contribution in [2.75, 3.05) is 0 Å². The van der Waals surface area contributed by atoms with Gasteiger partial charge in [0.05, 0.1) is 6.10 Å². The largest absolute Gasteiger partial charge is 0.388 e. The van der Waals surface area contributed by atoms with Gasteiger partial charge in [-0.15, -0.1) is 0 Å². The van der Waals surface area contributed by atoms with Gasteiger partial charge in [-0.1, -0.05) is 56.9 Å². The van der Waals surface area contributed by atoms with Gasteiger partial charge in [0.25, 0.3) is 0 Å². The zero-order valence-corrected chi connectivity index (χ0v) is 22.6. The first-order valence-electron chi connectivity index (χ1n) is 13.6. The predicted molar refractivity (Wildman–Crippen MR) is 149 cm³/mol. The highest BCUT2D eigenvalue weighted by Crippen LogP contribution is 2.56. The fraction of sp³-hybridized carbons (Fsp3) is 0.406. The van der Waals surface area contributed by atoms with Gasteiger partial charge < -0.3 is 20.5 Å². The first-order chi connectivity index (χ1) is 18.6. The van der Waals surface area contributed by atoms with Crippen LogP contribution in [-0.4, -0.2) is 50.9 Å². The number of rotatable bonds is 2. The summed E-state index contributed by atoms with van der Waals surface area (Å²) in [4.78, 5) is 44.2. The number of benzene rings is 1. The van der Waals surface area contributed by atoms with Gasteiger partial charge in [-0.2, -0.15) is 0 Å². The van der Waals surface area contributed by atoms with Crippen molar-refractivity contribution in [3.63, 3.8) is 0 Å². The Kier molecular flexibility index (Phi) is 7.08. The standard InChI is InChI=1S/C32H36N2O5/c1-17-8-7-10-23-30(38)20(4)19(3)28-25(15-21-16-33-24-11-6-5-9-22(21)24)34-31(39)32(23,28)27(36)13-12-26(35)29(37)18(2)14-17/h5-7,9-14,16-17,19,23,25,28-30,33,37-38H,4,8,15H2,1-3H3,(H,34,39)/b10-7-,13-12-,18-14-. The lowest BCUT2D eigenvalue weighted by Gasteiger charge is -2.48. The van der Waals surface area contributed by atoms with E-state index in [4.69, 9.17) is 0 Å². The van der Waals surface area contributed by atoms with Crippen LogP contribution in [0.25, 0.3) is 10.9 Å². The second kappa shape index (κ2) is 10.2. The van der Waals surface area contributed by atoms with Crippen LogP contribution in [0.4, 0.5) is 0 Å². The second-order valence-corrected chi connectivity index (χ2v) is 11.4. The number of nitrogens with one attached hydrogen (secondary N) is 2. The number of aliphatic hydroxyl groups is 2. The number of carbonyl (C=O) groups excluding carboxylic acids is 3. The highest BCUT2D eigenvalue weighted by molar-refractivity contribution is 6.15. The van der Waals surface area contributed by atoms with Crippen molar-refractivity contribution in [1.29, 1.82) is 0 Å². The molecule has 1 saturated carbocycles. The Morgan fingerprint density at radius 2 is 1.85 bits per heavy atom. The minimum Gasteiger partial charge on any atom is -0.388 e. The lowest BCUT2D eigenvalue weighted by atomic mass is 9.52. The lowest BCUT2D eigenvalue weighted by molar-refractivity contribution is -0.148. The summed E-state index contributed by atoms with van der Waals surface area (Å²) < 4.78 is 0. The number of aromatic nitrogens is 1. The van der Waals surface area contributed by atoms with Crippen molar-refractivity contribution in [3.8, 4) is 0 Å². The Bertz CT molecular complexity index is 1430. The minimum absolute atomic E-state index is 0.00855. The number of ketones is 2. The zero-order valence-electron chi connectivity index (χ0n) is 22.6. The summed E-state index contributed by atoms with van der Waals surface area (Å²) in [6.45, 7) is 9.74. The molecule has 204 valence electrons. The summed E-state index contributed by atoms with van der Waals surface area (Å²) >= 11 is 0. The highest BCUT2D eigenvalue weighted by Gasteiger charge is 2.68. The maximum Gasteiger partial charge on any atom is 0.235 e. The van der Waals surface area contributed by atoms with Crippen molar-refractivity contribution in [2.45, 2.75) is 51.9 Å². The fourth-order valence-electron chi connectivity index (χ4n) is 7.01. The van der Waals surface area contributed by atoms with Crippen LogP contribution in [0.15, 0.2) is 78.6 Å². The summed E-state index contributed by atoms with van der Waals surface area (Å²) in [7, 11) is 0. The Hall–Kier alpha value is -3.55. The lowest BCUT2D eigenvalue weighted by Crippen LogP contribution is -2.58. The van der Waals surface area contributed by atoms with Gasteiger partial charge in [0.15, 0.2) is 11.6 Å². The van der Waals surface area contributed by atoms with Crippen LogP contribution in [0.5, 0.6) is 0 Å². The van der Waals surface area contributed by atoms with E-state index < -0.39 is 53.0 Å². The molecule has 7 heteroatoms. The molecular formula is C32H36N2O5. The first-order valence-corrected chi connectivity index (χ1v) is 13.6. The van der Waals surface area contributed by atoms with E-state index in [9.17, 15) is 24.6 Å². The molecular weight excluding hydrogens is 492 g/mol. The molecule has 2 heterocycles. The number of hydrogen-bond donors (Lipinski definition) is 4. The van der Waals surface area contributed by atoms with Gasteiger partial charge in [0.1, 0.15) is 11.5 Å². The number of aromatic amines is 1. The van der Waals surface area contributed by atoms with E-state index in [1.54, 1.807) is 13.0 Å². The number of allylic oxidation sites excluding steroid dienone is 3. The number of carbonyl (C=O) groups is 3. The van der Waals surface area contributed by atoms with E-state index in [1.807, 2.05) is 56.5 Å². The third-order valence-electron chi connectivity index (χ3n) is 9.04. The average Bonchev–Trinajstić information content (AvgIpc) is 3.45. The van der Waals surface area contributed by atoms with Crippen molar-refractivity contribution in [3.05, 3.63) is 84.1 Å². The molecule has 1 saturated heterocycles. The van der Waals surface area contributed by atoms with Crippen molar-refractivity contribution >= 4 is 28.4 Å². The van der Waals surface area contributed by atoms with E-state index in [-0.39, 0.29) is 11.8 Å². The third-order valence-corrected chi connectivity index (χ3v) is 9.04. The number of H-pyrrole nitrogens is 1. The van der Waals surface area contributed by atoms with Gasteiger partial charge >= 0.3 is 0 Å². The predicted octanol–water partition coefficient (Wildman–Crippen LogP) is 3.59. The molecule has 7 nitrogen and oxygen atoms in total. The van der Waals surface area contributed by atoms with E-state index in [2.05, 4.69) is 16.9 Å². The molecule has 1 aromatic carbocycles. The molecule has 3 aliphatic rings. The van der Waals surface area contributed by atoms with Crippen molar-refractivity contribution in [1.82, 2.24) is 10.3 Å². The molecule has 0 radical (unpaired) electrons. The molecule has 1 amide bonds. The van der Waals surface area contributed by atoms with Gasteiger partial charge in [-0.05, 0) is 66.5 Å². The molecule has 1 aromatic heterocycles. The number of amides is 1. The highest BCUT2D eigenvalue weighted by atomic mass is 16.3. The van der Waals surface area contributed by atoms with E-state index in [0.717, 1.165) is 28.6 Å². The monoisotopic (exact) mass is 528 g/mol. The normalized spacial score (nSPS) is 38.5. The number of hydrogen-bond acceptors (Lipinski definition) is 5. The van der Waals surface area contributed by atoms with Gasteiger partial charge in [0.2, 0.25) is 5.91 Å². The molecule has 0 bridgehead atoms. The van der Waals surface area contributed by atoms with E-state index in [0.29, 0.717) is 24.0 Å². The summed E-state index contributed by atoms with van der Waals surface area (Å²) in [6, 6.07) is 7.53. The van der Waals surface area contributed by atoms with Gasteiger partial charge in [-0.3, -0.25) is 14.4 Å². The summed E-state index contributed by atoms with van der Waals surface area (Å²) in [5.41, 5.74) is 1.46. The Morgan fingerprint density at radius 3 is 2.62 bits per heavy atom. The number of para-hydroxylation sites is 1. The molecule has 4 N–H and O–H groups in total. The van der Waals surface area contributed by atoms with Crippen molar-refractivity contribution in [2.24, 2.45) is 29.1 Å². The van der Waals surface area contributed by atoms with Gasteiger partial charge in [-0.25, -0.2) is 0 Å². The SMILES string of the molecule is C=C1C(C)C2C(Cc3c[nH]c4ccccc34)NC(=O)C23C(=O)/C=C\C(=O)C(O)/C(C)=C\C(C)C/C=C\C3C1O. The fourth-order valence-corrected chi connectivity index (χ4v) is 7.01. The number of fused-ring (bicyclic) bond motifs is 1. The summed E-state index contributed by atoms with van der Waals surface area (Å²) in [5.74, 6) is -3.34. The van der Waals surface area contributed by atoms with Crippen LogP contribution in [0.2, 0.25) is 0 Å². The molecule has 1 aliphatic heterocycles. The van der Waals surface area contributed by atoms with E-state index >= 15 is 0 Å². The molecule has 1 spiro atoms. The van der Waals surface area contributed by atoms with Crippen molar-refractivity contribution < 1.29 is 24.6 Å².